The number of hydrogen-bond donors (Lipinski definition) is 1. The van der Waals surface area contributed by atoms with E-state index in [1.54, 1.807) is 18.2 Å². The van der Waals surface area contributed by atoms with Crippen LogP contribution in [0.2, 0.25) is 0 Å². The van der Waals surface area contributed by atoms with E-state index < -0.39 is 11.8 Å². The molecule has 2 N–H and O–H groups in total. The van der Waals surface area contributed by atoms with Gasteiger partial charge in [0.15, 0.2) is 17.2 Å². The Labute approximate surface area is 113 Å². The third-order valence-electron chi connectivity index (χ3n) is 2.62. The molecule has 8 heteroatoms. The summed E-state index contributed by atoms with van der Waals surface area (Å²) in [6.07, 6.45) is 4.20. The minimum atomic E-state index is -0.656. The summed E-state index contributed by atoms with van der Waals surface area (Å²) in [7, 11) is 0. The van der Waals surface area contributed by atoms with Gasteiger partial charge >= 0.3 is 11.8 Å². The minimum Gasteiger partial charge on any atom is -0.380 e. The first-order valence-corrected chi connectivity index (χ1v) is 5.64. The monoisotopic (exact) mass is 268 g/mol. The van der Waals surface area contributed by atoms with Crippen molar-refractivity contribution >= 4 is 17.6 Å². The molecule has 0 unspecified atom stereocenters. The number of nitrogens with two attached hydrogens (primary N) is 1. The number of fused-ring (bicyclic) bond motifs is 1. The van der Waals surface area contributed by atoms with E-state index in [-0.39, 0.29) is 17.2 Å². The SMILES string of the molecule is N/C(=N\N1C(=O)c2nccnc2C1=O)c1ccccn1. The normalized spacial score (nSPS) is 14.6. The van der Waals surface area contributed by atoms with Crippen LogP contribution in [0.5, 0.6) is 0 Å². The van der Waals surface area contributed by atoms with E-state index >= 15 is 0 Å². The second-order valence-corrected chi connectivity index (χ2v) is 3.88. The van der Waals surface area contributed by atoms with Crippen molar-refractivity contribution in [2.24, 2.45) is 10.8 Å². The topological polar surface area (TPSA) is 114 Å². The van der Waals surface area contributed by atoms with Gasteiger partial charge in [0.05, 0.1) is 0 Å². The largest absolute Gasteiger partial charge is 0.380 e. The number of aromatic nitrogens is 3. The molecular weight excluding hydrogens is 260 g/mol. The Morgan fingerprint density at radius 1 is 1.00 bits per heavy atom. The Hall–Kier alpha value is -3.16. The Balaban J connectivity index is 1.98. The third kappa shape index (κ3) is 1.79. The fourth-order valence-electron chi connectivity index (χ4n) is 1.71. The highest BCUT2D eigenvalue weighted by Crippen LogP contribution is 2.18. The van der Waals surface area contributed by atoms with Gasteiger partial charge in [-0.3, -0.25) is 14.6 Å². The van der Waals surface area contributed by atoms with Crippen LogP contribution >= 0.6 is 0 Å². The maximum Gasteiger partial charge on any atom is 0.302 e. The molecule has 3 rings (SSSR count). The van der Waals surface area contributed by atoms with Crippen molar-refractivity contribution in [2.75, 3.05) is 0 Å². The van der Waals surface area contributed by atoms with E-state index in [9.17, 15) is 9.59 Å². The Morgan fingerprint density at radius 3 is 2.20 bits per heavy atom. The highest BCUT2D eigenvalue weighted by Gasteiger charge is 2.38. The molecule has 1 aliphatic heterocycles. The van der Waals surface area contributed by atoms with Crippen LogP contribution in [0.3, 0.4) is 0 Å². The fraction of sp³-hybridized carbons (Fsp3) is 0. The van der Waals surface area contributed by atoms with Crippen LogP contribution < -0.4 is 5.73 Å². The van der Waals surface area contributed by atoms with E-state index in [4.69, 9.17) is 5.73 Å². The van der Waals surface area contributed by atoms with Gasteiger partial charge in [-0.15, -0.1) is 5.10 Å². The number of amidine groups is 1. The molecule has 20 heavy (non-hydrogen) atoms. The molecule has 0 bridgehead atoms. The molecule has 98 valence electrons. The lowest BCUT2D eigenvalue weighted by atomic mass is 10.3. The molecule has 2 amide bonds. The third-order valence-corrected chi connectivity index (χ3v) is 2.62. The quantitative estimate of drug-likeness (QED) is 0.458. The van der Waals surface area contributed by atoms with Crippen LogP contribution in [0, 0.1) is 0 Å². The van der Waals surface area contributed by atoms with E-state index in [0.717, 1.165) is 0 Å². The van der Waals surface area contributed by atoms with Crippen LogP contribution in [-0.2, 0) is 0 Å². The summed E-state index contributed by atoms with van der Waals surface area (Å²) in [6.45, 7) is 0. The summed E-state index contributed by atoms with van der Waals surface area (Å²) in [5.41, 5.74) is 6.04. The summed E-state index contributed by atoms with van der Waals surface area (Å²) in [6, 6.07) is 5.05. The molecule has 0 fully saturated rings. The lowest BCUT2D eigenvalue weighted by Crippen LogP contribution is -2.29. The Bertz CT molecular complexity index is 693. The molecule has 0 spiro atoms. The lowest BCUT2D eigenvalue weighted by molar-refractivity contribution is 0.0655. The number of nitrogens with zero attached hydrogens (tertiary/aromatic N) is 5. The molecule has 0 atom stereocenters. The number of carbonyl (C=O) groups excluding carboxylic acids is 2. The van der Waals surface area contributed by atoms with E-state index in [1.807, 2.05) is 0 Å². The first-order valence-electron chi connectivity index (χ1n) is 5.64. The average molecular weight is 268 g/mol. The highest BCUT2D eigenvalue weighted by molar-refractivity contribution is 6.19. The number of imide groups is 1. The molecule has 0 radical (unpaired) electrons. The predicted molar refractivity (Wildman–Crippen MR) is 67.5 cm³/mol. The molecule has 0 saturated carbocycles. The van der Waals surface area contributed by atoms with Crippen molar-refractivity contribution in [1.82, 2.24) is 20.0 Å². The maximum atomic E-state index is 12.0. The number of carbonyl (C=O) groups is 2. The van der Waals surface area contributed by atoms with Gasteiger partial charge in [-0.25, -0.2) is 9.97 Å². The Kier molecular flexibility index (Phi) is 2.68. The number of pyridine rings is 1. The summed E-state index contributed by atoms with van der Waals surface area (Å²) < 4.78 is 0. The highest BCUT2D eigenvalue weighted by atomic mass is 16.2. The van der Waals surface area contributed by atoms with Crippen LogP contribution in [-0.4, -0.2) is 37.6 Å². The van der Waals surface area contributed by atoms with Crippen molar-refractivity contribution < 1.29 is 9.59 Å². The van der Waals surface area contributed by atoms with Crippen LogP contribution in [0.25, 0.3) is 0 Å². The maximum absolute atomic E-state index is 12.0. The van der Waals surface area contributed by atoms with Gasteiger partial charge in [0.2, 0.25) is 0 Å². The number of hydrazone groups is 1. The summed E-state index contributed by atoms with van der Waals surface area (Å²) in [5.74, 6) is -1.35. The van der Waals surface area contributed by atoms with Crippen molar-refractivity contribution in [1.29, 1.82) is 0 Å². The van der Waals surface area contributed by atoms with Crippen molar-refractivity contribution in [3.63, 3.8) is 0 Å². The summed E-state index contributed by atoms with van der Waals surface area (Å²) in [5, 5.41) is 4.46. The first-order chi connectivity index (χ1) is 9.68. The molecule has 0 aromatic carbocycles. The van der Waals surface area contributed by atoms with Crippen LogP contribution in [0.15, 0.2) is 41.9 Å². The molecular formula is C12H8N6O2. The smallest absolute Gasteiger partial charge is 0.302 e. The van der Waals surface area contributed by atoms with E-state index in [0.29, 0.717) is 10.7 Å². The predicted octanol–water partition coefficient (Wildman–Crippen LogP) is -0.212. The molecule has 0 aliphatic carbocycles. The van der Waals surface area contributed by atoms with Gasteiger partial charge in [-0.2, -0.15) is 5.01 Å². The van der Waals surface area contributed by atoms with Gasteiger partial charge in [0, 0.05) is 18.6 Å². The summed E-state index contributed by atoms with van der Waals surface area (Å²) >= 11 is 0. The number of amides is 2. The standard InChI is InChI=1S/C12H8N6O2/c13-10(7-3-1-2-4-14-7)17-18-11(19)8-9(12(18)20)16-6-5-15-8/h1-6H,(H2,13,17). The molecule has 3 heterocycles. The molecule has 8 nitrogen and oxygen atoms in total. The van der Waals surface area contributed by atoms with Crippen molar-refractivity contribution in [2.45, 2.75) is 0 Å². The molecule has 2 aromatic heterocycles. The van der Waals surface area contributed by atoms with Crippen molar-refractivity contribution in [3.05, 3.63) is 53.9 Å². The average Bonchev–Trinajstić information content (AvgIpc) is 2.74. The number of rotatable bonds is 2. The molecule has 1 aliphatic rings. The van der Waals surface area contributed by atoms with E-state index in [1.165, 1.54) is 18.6 Å². The zero-order valence-electron chi connectivity index (χ0n) is 10.1. The minimum absolute atomic E-state index is 0.0323. The van der Waals surface area contributed by atoms with Gasteiger partial charge in [-0.05, 0) is 12.1 Å². The molecule has 0 saturated heterocycles. The Morgan fingerprint density at radius 2 is 1.65 bits per heavy atom. The lowest BCUT2D eigenvalue weighted by Gasteiger charge is -2.07. The zero-order valence-corrected chi connectivity index (χ0v) is 10.1. The van der Waals surface area contributed by atoms with Gasteiger partial charge in [-0.1, -0.05) is 6.07 Å². The van der Waals surface area contributed by atoms with E-state index in [2.05, 4.69) is 20.1 Å². The number of hydrogen-bond acceptors (Lipinski definition) is 6. The molecule has 2 aromatic rings. The summed E-state index contributed by atoms with van der Waals surface area (Å²) in [4.78, 5) is 35.6. The van der Waals surface area contributed by atoms with Crippen molar-refractivity contribution in [3.8, 4) is 0 Å². The second-order valence-electron chi connectivity index (χ2n) is 3.88. The first kappa shape index (κ1) is 11.9. The zero-order chi connectivity index (χ0) is 14.1. The van der Waals surface area contributed by atoms with Crippen LogP contribution in [0.4, 0.5) is 0 Å². The van der Waals surface area contributed by atoms with Gasteiger partial charge in [0.25, 0.3) is 0 Å². The van der Waals surface area contributed by atoms with Gasteiger partial charge < -0.3 is 5.73 Å². The van der Waals surface area contributed by atoms with Gasteiger partial charge in [0.1, 0.15) is 5.69 Å². The fourth-order valence-corrected chi connectivity index (χ4v) is 1.71. The van der Waals surface area contributed by atoms with Crippen LogP contribution in [0.1, 0.15) is 26.7 Å². The second kappa shape index (κ2) is 4.50.